The van der Waals surface area contributed by atoms with E-state index in [1.807, 2.05) is 0 Å². The summed E-state index contributed by atoms with van der Waals surface area (Å²) in [7, 11) is 0. The molecular formula is C7H9ClN6O2. The Hall–Kier alpha value is -1.60. The average Bonchev–Trinajstić information content (AvgIpc) is 2.25. The first kappa shape index (κ1) is 12.5. The van der Waals surface area contributed by atoms with Gasteiger partial charge in [-0.3, -0.25) is 0 Å². The summed E-state index contributed by atoms with van der Waals surface area (Å²) in [6, 6.07) is 0. The highest BCUT2D eigenvalue weighted by atomic mass is 35.5. The first-order valence-corrected chi connectivity index (χ1v) is 4.59. The molecule has 0 spiro atoms. The highest BCUT2D eigenvalue weighted by Crippen LogP contribution is 2.22. The summed E-state index contributed by atoms with van der Waals surface area (Å²) in [4.78, 5) is 9.70. The fourth-order valence-corrected chi connectivity index (χ4v) is 1.18. The van der Waals surface area contributed by atoms with Crippen LogP contribution in [-0.2, 0) is 0 Å². The maximum Gasteiger partial charge on any atom is 0.224 e. The van der Waals surface area contributed by atoms with E-state index in [4.69, 9.17) is 22.9 Å². The molecule has 8 nitrogen and oxygen atoms in total. The van der Waals surface area contributed by atoms with Crippen LogP contribution in [0.15, 0.2) is 11.3 Å². The van der Waals surface area contributed by atoms with Gasteiger partial charge in [0.25, 0.3) is 0 Å². The lowest BCUT2D eigenvalue weighted by Crippen LogP contribution is -2.22. The smallest absolute Gasteiger partial charge is 0.224 e. The Kier molecular flexibility index (Phi) is 4.27. The largest absolute Gasteiger partial charge is 0.390 e. The van der Waals surface area contributed by atoms with Crippen molar-refractivity contribution < 1.29 is 10.2 Å². The number of hydrogen-bond acceptors (Lipinski definition) is 6. The molecule has 2 atom stereocenters. The van der Waals surface area contributed by atoms with Gasteiger partial charge in [0.15, 0.2) is 0 Å². The van der Waals surface area contributed by atoms with Crippen molar-refractivity contribution in [3.63, 3.8) is 0 Å². The van der Waals surface area contributed by atoms with E-state index in [-0.39, 0.29) is 23.2 Å². The van der Waals surface area contributed by atoms with Crippen molar-refractivity contribution in [1.82, 2.24) is 9.97 Å². The van der Waals surface area contributed by atoms with E-state index in [9.17, 15) is 10.2 Å². The maximum absolute atomic E-state index is 9.65. The van der Waals surface area contributed by atoms with Gasteiger partial charge in [0.1, 0.15) is 11.9 Å². The monoisotopic (exact) mass is 244 g/mol. The molecule has 1 aromatic rings. The summed E-state index contributed by atoms with van der Waals surface area (Å²) in [5, 5.41) is 22.2. The quantitative estimate of drug-likeness (QED) is 0.304. The number of aromatic nitrogens is 2. The maximum atomic E-state index is 9.65. The third kappa shape index (κ3) is 2.94. The Balaban J connectivity index is 2.86. The van der Waals surface area contributed by atoms with Gasteiger partial charge in [0, 0.05) is 16.7 Å². The number of aliphatic hydroxyl groups excluding tert-OH is 2. The number of nitrogen functional groups attached to an aromatic ring is 1. The number of nitrogens with zero attached hydrogens (tertiary/aromatic N) is 5. The number of anilines is 1. The van der Waals surface area contributed by atoms with Crippen LogP contribution in [0.25, 0.3) is 10.4 Å². The second-order valence-corrected chi connectivity index (χ2v) is 3.24. The van der Waals surface area contributed by atoms with E-state index in [0.717, 1.165) is 0 Å². The van der Waals surface area contributed by atoms with Gasteiger partial charge < -0.3 is 15.9 Å². The summed E-state index contributed by atoms with van der Waals surface area (Å²) >= 11 is 5.47. The minimum absolute atomic E-state index is 0.0347. The minimum Gasteiger partial charge on any atom is -0.390 e. The van der Waals surface area contributed by atoms with Gasteiger partial charge in [-0.15, -0.1) is 0 Å². The normalized spacial score (nSPS) is 13.9. The van der Waals surface area contributed by atoms with E-state index in [2.05, 4.69) is 20.0 Å². The molecule has 0 aromatic carbocycles. The number of hydrogen-bond donors (Lipinski definition) is 3. The summed E-state index contributed by atoms with van der Waals surface area (Å²) < 4.78 is 0. The lowest BCUT2D eigenvalue weighted by molar-refractivity contribution is 0.0245. The fourth-order valence-electron chi connectivity index (χ4n) is 1.04. The average molecular weight is 245 g/mol. The Morgan fingerprint density at radius 2 is 2.31 bits per heavy atom. The predicted octanol–water partition coefficient (Wildman–Crippen LogP) is 0.417. The van der Waals surface area contributed by atoms with Crippen molar-refractivity contribution in [3.8, 4) is 0 Å². The Bertz CT molecular complexity index is 421. The number of nitrogens with two attached hydrogens (primary N) is 1. The molecule has 0 bridgehead atoms. The highest BCUT2D eigenvalue weighted by Gasteiger charge is 2.21. The van der Waals surface area contributed by atoms with Crippen LogP contribution >= 0.6 is 11.6 Å². The molecule has 0 aliphatic carbocycles. The fraction of sp³-hybridized carbons (Fsp3) is 0.429. The van der Waals surface area contributed by atoms with Gasteiger partial charge in [-0.25, -0.2) is 9.97 Å². The number of azide groups is 1. The molecule has 1 rings (SSSR count). The van der Waals surface area contributed by atoms with Gasteiger partial charge in [-0.05, 0) is 17.1 Å². The first-order chi connectivity index (χ1) is 7.56. The number of aliphatic hydroxyl groups is 2. The Labute approximate surface area is 95.3 Å². The molecular weight excluding hydrogens is 236 g/mol. The van der Waals surface area contributed by atoms with Gasteiger partial charge >= 0.3 is 0 Å². The highest BCUT2D eigenvalue weighted by molar-refractivity contribution is 6.28. The van der Waals surface area contributed by atoms with Crippen LogP contribution in [0.1, 0.15) is 11.7 Å². The van der Waals surface area contributed by atoms with E-state index in [0.29, 0.717) is 0 Å². The van der Waals surface area contributed by atoms with Crippen LogP contribution in [0.5, 0.6) is 0 Å². The van der Waals surface area contributed by atoms with Crippen molar-refractivity contribution in [3.05, 3.63) is 27.5 Å². The molecule has 16 heavy (non-hydrogen) atoms. The number of rotatable bonds is 4. The predicted molar refractivity (Wildman–Crippen MR) is 56.4 cm³/mol. The van der Waals surface area contributed by atoms with E-state index in [1.54, 1.807) is 0 Å². The van der Waals surface area contributed by atoms with Crippen LogP contribution < -0.4 is 5.73 Å². The van der Waals surface area contributed by atoms with Crippen LogP contribution in [0.3, 0.4) is 0 Å². The van der Waals surface area contributed by atoms with E-state index < -0.39 is 12.2 Å². The molecule has 1 heterocycles. The van der Waals surface area contributed by atoms with Gasteiger partial charge in [0.2, 0.25) is 5.28 Å². The lowest BCUT2D eigenvalue weighted by Gasteiger charge is -2.16. The Morgan fingerprint density at radius 3 is 2.88 bits per heavy atom. The molecule has 0 aliphatic heterocycles. The lowest BCUT2D eigenvalue weighted by atomic mass is 10.1. The van der Waals surface area contributed by atoms with Gasteiger partial charge in [-0.1, -0.05) is 5.11 Å². The zero-order valence-electron chi connectivity index (χ0n) is 8.02. The summed E-state index contributed by atoms with van der Waals surface area (Å²) in [5.41, 5.74) is 13.7. The molecule has 9 heteroatoms. The van der Waals surface area contributed by atoms with Gasteiger partial charge in [-0.2, -0.15) is 0 Å². The summed E-state index contributed by atoms with van der Waals surface area (Å²) in [6.07, 6.45) is -1.40. The van der Waals surface area contributed by atoms with Crippen molar-refractivity contribution in [2.75, 3.05) is 12.3 Å². The van der Waals surface area contributed by atoms with Crippen molar-refractivity contribution in [2.24, 2.45) is 5.11 Å². The second kappa shape index (κ2) is 5.47. The molecule has 86 valence electrons. The molecule has 0 saturated carbocycles. The van der Waals surface area contributed by atoms with Crippen LogP contribution in [-0.4, -0.2) is 32.8 Å². The number of halogens is 1. The van der Waals surface area contributed by atoms with Crippen LogP contribution in [0.2, 0.25) is 5.28 Å². The van der Waals surface area contributed by atoms with Crippen LogP contribution in [0.4, 0.5) is 5.82 Å². The van der Waals surface area contributed by atoms with Gasteiger partial charge in [0.05, 0.1) is 12.6 Å². The molecule has 0 fully saturated rings. The summed E-state index contributed by atoms with van der Waals surface area (Å²) in [5.74, 6) is -0.0347. The SMILES string of the molecule is [N-]=[N+]=NCC(O)C(O)c1cnc(Cl)nc1N. The Morgan fingerprint density at radius 1 is 1.62 bits per heavy atom. The molecule has 0 radical (unpaired) electrons. The van der Waals surface area contributed by atoms with Crippen molar-refractivity contribution in [1.29, 1.82) is 0 Å². The topological polar surface area (TPSA) is 141 Å². The molecule has 0 saturated heterocycles. The minimum atomic E-state index is -1.33. The van der Waals surface area contributed by atoms with Crippen molar-refractivity contribution >= 4 is 17.4 Å². The van der Waals surface area contributed by atoms with Crippen LogP contribution in [0, 0.1) is 0 Å². The second-order valence-electron chi connectivity index (χ2n) is 2.91. The molecule has 0 amide bonds. The first-order valence-electron chi connectivity index (χ1n) is 4.21. The standard InChI is InChI=1S/C7H9ClN6O2/c8-7-11-1-3(6(9)13-7)5(16)4(15)2-12-14-10/h1,4-5,15-16H,2H2,(H2,9,11,13). The van der Waals surface area contributed by atoms with E-state index in [1.165, 1.54) is 6.20 Å². The molecule has 0 aliphatic rings. The van der Waals surface area contributed by atoms with Crippen molar-refractivity contribution in [2.45, 2.75) is 12.2 Å². The third-order valence-electron chi connectivity index (χ3n) is 1.83. The zero-order chi connectivity index (χ0) is 12.1. The molecule has 4 N–H and O–H groups in total. The zero-order valence-corrected chi connectivity index (χ0v) is 8.78. The summed E-state index contributed by atoms with van der Waals surface area (Å²) in [6.45, 7) is -0.278. The van der Waals surface area contributed by atoms with E-state index >= 15 is 0 Å². The third-order valence-corrected chi connectivity index (χ3v) is 2.02. The molecule has 1 aromatic heterocycles. The molecule has 2 unspecified atom stereocenters.